The number of hydrogen-bond donors (Lipinski definition) is 3. The van der Waals surface area contributed by atoms with Crippen LogP contribution in [0.3, 0.4) is 0 Å². The molecule has 3 aromatic rings. The number of nitrogens with one attached hydrogen (secondary N) is 3. The van der Waals surface area contributed by atoms with Crippen LogP contribution in [-0.4, -0.2) is 25.9 Å². The number of sulfonamides is 1. The van der Waals surface area contributed by atoms with E-state index in [9.17, 15) is 17.6 Å². The summed E-state index contributed by atoms with van der Waals surface area (Å²) >= 11 is 0. The van der Waals surface area contributed by atoms with Crippen molar-refractivity contribution >= 4 is 26.8 Å². The second kappa shape index (κ2) is 7.37. The maximum Gasteiger partial charge on any atom is 0.269 e. The standard InChI is InChI=1S/C18H18FN3O4S/c1-3-26-13-8-11(2)17(19)15(9-13)18(23)21-22-27(24,25)14-5-4-12-6-7-20-16(12)10-14/h4-10,20,22H,3H2,1-2H3,(H,21,23). The van der Waals surface area contributed by atoms with Crippen LogP contribution in [0.5, 0.6) is 5.75 Å². The lowest BCUT2D eigenvalue weighted by Gasteiger charge is -2.12. The first-order chi connectivity index (χ1) is 12.8. The number of hydrazine groups is 1. The van der Waals surface area contributed by atoms with Crippen molar-refractivity contribution in [2.45, 2.75) is 18.7 Å². The van der Waals surface area contributed by atoms with Crippen molar-refractivity contribution in [1.29, 1.82) is 0 Å². The fraction of sp³-hybridized carbons (Fsp3) is 0.167. The number of ether oxygens (including phenoxy) is 1. The van der Waals surface area contributed by atoms with Crippen molar-refractivity contribution in [3.05, 3.63) is 59.5 Å². The molecule has 0 radical (unpaired) electrons. The average molecular weight is 391 g/mol. The molecule has 0 unspecified atom stereocenters. The van der Waals surface area contributed by atoms with Gasteiger partial charge in [0.25, 0.3) is 15.9 Å². The highest BCUT2D eigenvalue weighted by Crippen LogP contribution is 2.21. The average Bonchev–Trinajstić information content (AvgIpc) is 3.10. The molecule has 9 heteroatoms. The summed E-state index contributed by atoms with van der Waals surface area (Å²) in [6, 6.07) is 8.97. The lowest BCUT2D eigenvalue weighted by atomic mass is 10.1. The molecule has 7 nitrogen and oxygen atoms in total. The molecule has 142 valence electrons. The maximum atomic E-state index is 14.3. The van der Waals surface area contributed by atoms with Crippen molar-refractivity contribution in [3.8, 4) is 5.75 Å². The minimum Gasteiger partial charge on any atom is -0.494 e. The van der Waals surface area contributed by atoms with E-state index in [1.54, 1.807) is 25.3 Å². The first-order valence-corrected chi connectivity index (χ1v) is 9.62. The van der Waals surface area contributed by atoms with Gasteiger partial charge in [-0.25, -0.2) is 12.8 Å². The predicted molar refractivity (Wildman–Crippen MR) is 98.4 cm³/mol. The lowest BCUT2D eigenvalue weighted by molar-refractivity contribution is 0.0940. The van der Waals surface area contributed by atoms with E-state index in [1.807, 2.05) is 10.3 Å². The summed E-state index contributed by atoms with van der Waals surface area (Å²) in [6.45, 7) is 3.60. The Labute approximate surface area is 155 Å². The number of carbonyl (C=O) groups is 1. The number of carbonyl (C=O) groups excluding carboxylic acids is 1. The van der Waals surface area contributed by atoms with Crippen LogP contribution >= 0.6 is 0 Å². The highest BCUT2D eigenvalue weighted by molar-refractivity contribution is 7.89. The van der Waals surface area contributed by atoms with Crippen molar-refractivity contribution in [1.82, 2.24) is 15.2 Å². The third kappa shape index (κ3) is 3.93. The van der Waals surface area contributed by atoms with Gasteiger partial charge in [0.05, 0.1) is 17.1 Å². The van der Waals surface area contributed by atoms with E-state index in [0.29, 0.717) is 17.9 Å². The van der Waals surface area contributed by atoms with Gasteiger partial charge in [-0.1, -0.05) is 6.07 Å². The number of halogens is 1. The first-order valence-electron chi connectivity index (χ1n) is 8.14. The fourth-order valence-electron chi connectivity index (χ4n) is 2.59. The van der Waals surface area contributed by atoms with E-state index in [1.165, 1.54) is 31.2 Å². The SMILES string of the molecule is CCOc1cc(C)c(F)c(C(=O)NNS(=O)(=O)c2ccc3cc[nH]c3c2)c1. The summed E-state index contributed by atoms with van der Waals surface area (Å²) in [4.78, 5) is 17.1. The van der Waals surface area contributed by atoms with Gasteiger partial charge in [0.15, 0.2) is 0 Å². The van der Waals surface area contributed by atoms with Gasteiger partial charge in [-0.05, 0) is 55.1 Å². The number of fused-ring (bicyclic) bond motifs is 1. The third-order valence-corrected chi connectivity index (χ3v) is 5.16. The minimum atomic E-state index is -4.03. The van der Waals surface area contributed by atoms with Crippen LogP contribution in [0.25, 0.3) is 10.9 Å². The minimum absolute atomic E-state index is 0.0440. The Balaban J connectivity index is 1.80. The molecule has 3 N–H and O–H groups in total. The molecule has 0 saturated carbocycles. The molecule has 0 aliphatic heterocycles. The van der Waals surface area contributed by atoms with Crippen LogP contribution in [0.15, 0.2) is 47.5 Å². The lowest BCUT2D eigenvalue weighted by Crippen LogP contribution is -2.41. The number of amides is 1. The smallest absolute Gasteiger partial charge is 0.269 e. The molecule has 0 spiro atoms. The Morgan fingerprint density at radius 1 is 1.22 bits per heavy atom. The summed E-state index contributed by atoms with van der Waals surface area (Å²) < 4.78 is 44.3. The van der Waals surface area contributed by atoms with Gasteiger partial charge < -0.3 is 9.72 Å². The molecular formula is C18H18FN3O4S. The molecule has 1 heterocycles. The number of rotatable bonds is 6. The van der Waals surface area contributed by atoms with E-state index >= 15 is 0 Å². The normalized spacial score (nSPS) is 11.5. The van der Waals surface area contributed by atoms with Gasteiger partial charge in [-0.2, -0.15) is 0 Å². The Bertz CT molecular complexity index is 1110. The summed E-state index contributed by atoms with van der Waals surface area (Å²) in [5, 5.41) is 0.850. The van der Waals surface area contributed by atoms with Crippen molar-refractivity contribution in [3.63, 3.8) is 0 Å². The van der Waals surface area contributed by atoms with Crippen LogP contribution in [0.1, 0.15) is 22.8 Å². The summed E-state index contributed by atoms with van der Waals surface area (Å²) in [5.74, 6) is -1.36. The second-order valence-electron chi connectivity index (χ2n) is 5.82. The molecule has 0 saturated heterocycles. The van der Waals surface area contributed by atoms with E-state index in [0.717, 1.165) is 5.39 Å². The Hall–Kier alpha value is -2.91. The predicted octanol–water partition coefficient (Wildman–Crippen LogP) is 2.64. The molecule has 0 aliphatic carbocycles. The second-order valence-corrected chi connectivity index (χ2v) is 7.50. The van der Waals surface area contributed by atoms with Crippen molar-refractivity contribution in [2.24, 2.45) is 0 Å². The molecule has 3 rings (SSSR count). The quantitative estimate of drug-likeness (QED) is 0.563. The number of aromatic nitrogens is 1. The third-order valence-electron chi connectivity index (χ3n) is 3.92. The zero-order valence-corrected chi connectivity index (χ0v) is 15.5. The van der Waals surface area contributed by atoms with Gasteiger partial charge >= 0.3 is 0 Å². The van der Waals surface area contributed by atoms with Crippen LogP contribution in [0, 0.1) is 12.7 Å². The highest BCUT2D eigenvalue weighted by atomic mass is 32.2. The maximum absolute atomic E-state index is 14.3. The van der Waals surface area contributed by atoms with Gasteiger partial charge in [0.2, 0.25) is 0 Å². The number of aryl methyl sites for hydroxylation is 1. The molecule has 0 fully saturated rings. The monoisotopic (exact) mass is 391 g/mol. The number of benzene rings is 2. The van der Waals surface area contributed by atoms with E-state index in [4.69, 9.17) is 4.74 Å². The van der Waals surface area contributed by atoms with Crippen molar-refractivity contribution < 1.29 is 22.3 Å². The molecule has 27 heavy (non-hydrogen) atoms. The summed E-state index contributed by atoms with van der Waals surface area (Å²) in [7, 11) is -4.03. The molecule has 1 amide bonds. The highest BCUT2D eigenvalue weighted by Gasteiger charge is 2.20. The molecular weight excluding hydrogens is 373 g/mol. The first kappa shape index (κ1) is 18.9. The van der Waals surface area contributed by atoms with Gasteiger partial charge in [-0.15, -0.1) is 4.83 Å². The van der Waals surface area contributed by atoms with Gasteiger partial charge in [-0.3, -0.25) is 10.2 Å². The Kier molecular flexibility index (Phi) is 5.15. The zero-order chi connectivity index (χ0) is 19.6. The van der Waals surface area contributed by atoms with Crippen LogP contribution < -0.4 is 15.0 Å². The molecule has 0 aliphatic rings. The van der Waals surface area contributed by atoms with E-state index < -0.39 is 21.7 Å². The molecule has 2 aromatic carbocycles. The zero-order valence-electron chi connectivity index (χ0n) is 14.7. The van der Waals surface area contributed by atoms with Crippen LogP contribution in [-0.2, 0) is 10.0 Å². The molecule has 0 atom stereocenters. The summed E-state index contributed by atoms with van der Waals surface area (Å²) in [5.41, 5.74) is 2.56. The molecule has 0 bridgehead atoms. The van der Waals surface area contributed by atoms with E-state index in [-0.39, 0.29) is 16.0 Å². The number of hydrogen-bond acceptors (Lipinski definition) is 4. The van der Waals surface area contributed by atoms with Crippen molar-refractivity contribution in [2.75, 3.05) is 6.61 Å². The van der Waals surface area contributed by atoms with Gasteiger partial charge in [0.1, 0.15) is 11.6 Å². The number of H-pyrrole nitrogens is 1. The van der Waals surface area contributed by atoms with Gasteiger partial charge in [0, 0.05) is 11.7 Å². The van der Waals surface area contributed by atoms with Crippen LogP contribution in [0.4, 0.5) is 4.39 Å². The molecule has 1 aromatic heterocycles. The number of aromatic amines is 1. The van der Waals surface area contributed by atoms with E-state index in [2.05, 4.69) is 4.98 Å². The fourth-order valence-corrected chi connectivity index (χ4v) is 3.45. The Morgan fingerprint density at radius 3 is 2.74 bits per heavy atom. The Morgan fingerprint density at radius 2 is 2.00 bits per heavy atom. The topological polar surface area (TPSA) is 100 Å². The van der Waals surface area contributed by atoms with Crippen LogP contribution in [0.2, 0.25) is 0 Å². The largest absolute Gasteiger partial charge is 0.494 e. The summed E-state index contributed by atoms with van der Waals surface area (Å²) in [6.07, 6.45) is 1.69.